The third kappa shape index (κ3) is 15.5. The number of halogens is 3. The summed E-state index contributed by atoms with van der Waals surface area (Å²) in [7, 11) is 0. The van der Waals surface area contributed by atoms with Crippen molar-refractivity contribution in [3.63, 3.8) is 0 Å². The van der Waals surface area contributed by atoms with Crippen molar-refractivity contribution in [1.29, 1.82) is 0 Å². The monoisotopic (exact) mass is 289 g/mol. The molecule has 0 aromatic carbocycles. The fourth-order valence-corrected chi connectivity index (χ4v) is 1.14. The van der Waals surface area contributed by atoms with E-state index in [0.717, 1.165) is 0 Å². The van der Waals surface area contributed by atoms with Gasteiger partial charge in [-0.1, -0.05) is 0 Å². The van der Waals surface area contributed by atoms with Crippen molar-refractivity contribution in [2.45, 2.75) is 19.2 Å². The molecule has 2 N–H and O–H groups in total. The van der Waals surface area contributed by atoms with Crippen LogP contribution in [-0.4, -0.2) is 70.1 Å². The highest BCUT2D eigenvalue weighted by molar-refractivity contribution is 4.58. The summed E-state index contributed by atoms with van der Waals surface area (Å²) >= 11 is 0. The van der Waals surface area contributed by atoms with Gasteiger partial charge >= 0.3 is 6.18 Å². The highest BCUT2D eigenvalue weighted by atomic mass is 19.4. The molecule has 0 aliphatic rings. The Morgan fingerprint density at radius 2 is 1.79 bits per heavy atom. The van der Waals surface area contributed by atoms with E-state index in [1.165, 1.54) is 0 Å². The number of aliphatic hydroxyl groups is 1. The maximum absolute atomic E-state index is 11.7. The van der Waals surface area contributed by atoms with Gasteiger partial charge in [-0.2, -0.15) is 13.2 Å². The summed E-state index contributed by atoms with van der Waals surface area (Å²) in [5.41, 5.74) is 0. The fourth-order valence-electron chi connectivity index (χ4n) is 1.14. The Kier molecular flexibility index (Phi) is 11.2. The first-order chi connectivity index (χ1) is 8.95. The molecule has 0 fully saturated rings. The van der Waals surface area contributed by atoms with Crippen molar-refractivity contribution >= 4 is 0 Å². The number of hydrogen-bond acceptors (Lipinski definition) is 5. The maximum Gasteiger partial charge on any atom is 0.411 e. The number of ether oxygens (including phenoxy) is 3. The van der Waals surface area contributed by atoms with Gasteiger partial charge in [0.25, 0.3) is 0 Å². The van der Waals surface area contributed by atoms with E-state index in [1.54, 1.807) is 0 Å². The molecule has 0 bridgehead atoms. The van der Waals surface area contributed by atoms with Crippen LogP contribution in [0, 0.1) is 0 Å². The van der Waals surface area contributed by atoms with E-state index in [0.29, 0.717) is 19.8 Å². The first kappa shape index (κ1) is 18.6. The largest absolute Gasteiger partial charge is 0.411 e. The van der Waals surface area contributed by atoms with Gasteiger partial charge in [-0.3, -0.25) is 0 Å². The van der Waals surface area contributed by atoms with Gasteiger partial charge in [-0.25, -0.2) is 0 Å². The highest BCUT2D eigenvalue weighted by Gasteiger charge is 2.27. The summed E-state index contributed by atoms with van der Waals surface area (Å²) in [4.78, 5) is 0. The molecule has 1 unspecified atom stereocenters. The average Bonchev–Trinajstić information content (AvgIpc) is 2.32. The van der Waals surface area contributed by atoms with Gasteiger partial charge < -0.3 is 24.6 Å². The van der Waals surface area contributed by atoms with Gasteiger partial charge in [0, 0.05) is 19.7 Å². The normalized spacial score (nSPS) is 13.7. The second kappa shape index (κ2) is 11.4. The Morgan fingerprint density at radius 3 is 2.42 bits per heavy atom. The summed E-state index contributed by atoms with van der Waals surface area (Å²) in [6.45, 7) is 2.70. The summed E-state index contributed by atoms with van der Waals surface area (Å²) in [6, 6.07) is 0. The molecule has 0 radical (unpaired) electrons. The van der Waals surface area contributed by atoms with E-state index in [4.69, 9.17) is 9.47 Å². The third-order valence-corrected chi connectivity index (χ3v) is 1.96. The molecular formula is C11H22F3NO4. The van der Waals surface area contributed by atoms with E-state index >= 15 is 0 Å². The number of alkyl halides is 3. The predicted molar refractivity (Wildman–Crippen MR) is 63.1 cm³/mol. The lowest BCUT2D eigenvalue weighted by Gasteiger charge is -2.13. The molecule has 0 aromatic rings. The topological polar surface area (TPSA) is 60.0 Å². The molecule has 8 heteroatoms. The SMILES string of the molecule is CCOCCOCC(O)CNCCOCC(F)(F)F. The number of aliphatic hydroxyl groups excluding tert-OH is 1. The van der Waals surface area contributed by atoms with Crippen molar-refractivity contribution in [2.75, 3.05) is 52.7 Å². The van der Waals surface area contributed by atoms with E-state index in [2.05, 4.69) is 10.1 Å². The molecule has 0 aliphatic heterocycles. The van der Waals surface area contributed by atoms with Crippen LogP contribution in [0.2, 0.25) is 0 Å². The smallest absolute Gasteiger partial charge is 0.389 e. The van der Waals surface area contributed by atoms with Crippen molar-refractivity contribution in [2.24, 2.45) is 0 Å². The highest BCUT2D eigenvalue weighted by Crippen LogP contribution is 2.13. The maximum atomic E-state index is 11.7. The quantitative estimate of drug-likeness (QED) is 0.514. The standard InChI is InChI=1S/C11H22F3NO4/c1-2-17-5-6-18-8-10(16)7-15-3-4-19-9-11(12,13)14/h10,15-16H,2-9H2,1H3. The molecule has 0 spiro atoms. The second-order valence-corrected chi connectivity index (χ2v) is 3.80. The Bertz CT molecular complexity index is 205. The van der Waals surface area contributed by atoms with Crippen LogP contribution in [0.15, 0.2) is 0 Å². The van der Waals surface area contributed by atoms with Crippen LogP contribution in [0.5, 0.6) is 0 Å². The van der Waals surface area contributed by atoms with E-state index < -0.39 is 18.9 Å². The van der Waals surface area contributed by atoms with Crippen molar-refractivity contribution in [3.8, 4) is 0 Å². The van der Waals surface area contributed by atoms with Gasteiger partial charge in [0.05, 0.1) is 32.5 Å². The molecule has 0 saturated heterocycles. The van der Waals surface area contributed by atoms with Crippen molar-refractivity contribution in [3.05, 3.63) is 0 Å². The first-order valence-corrected chi connectivity index (χ1v) is 6.14. The van der Waals surface area contributed by atoms with Crippen LogP contribution in [0.4, 0.5) is 13.2 Å². The Balaban J connectivity index is 3.22. The van der Waals surface area contributed by atoms with Crippen LogP contribution in [-0.2, 0) is 14.2 Å². The Labute approximate surface area is 111 Å². The Hall–Kier alpha value is -0.410. The lowest BCUT2D eigenvalue weighted by atomic mass is 10.4. The molecule has 19 heavy (non-hydrogen) atoms. The molecule has 0 saturated carbocycles. The molecule has 0 aliphatic carbocycles. The Morgan fingerprint density at radius 1 is 1.11 bits per heavy atom. The van der Waals surface area contributed by atoms with E-state index in [1.807, 2.05) is 6.92 Å². The molecule has 0 heterocycles. The van der Waals surface area contributed by atoms with Crippen molar-refractivity contribution in [1.82, 2.24) is 5.32 Å². The van der Waals surface area contributed by atoms with Gasteiger partial charge in [0.15, 0.2) is 0 Å². The van der Waals surface area contributed by atoms with Gasteiger partial charge in [0.2, 0.25) is 0 Å². The van der Waals surface area contributed by atoms with E-state index in [9.17, 15) is 18.3 Å². The number of rotatable bonds is 12. The fraction of sp³-hybridized carbons (Fsp3) is 1.00. The van der Waals surface area contributed by atoms with Crippen LogP contribution in [0.1, 0.15) is 6.92 Å². The minimum Gasteiger partial charge on any atom is -0.389 e. The predicted octanol–water partition coefficient (Wildman–Crippen LogP) is 0.569. The second-order valence-electron chi connectivity index (χ2n) is 3.80. The molecule has 1 atom stereocenters. The summed E-state index contributed by atoms with van der Waals surface area (Å²) in [5.74, 6) is 0. The lowest BCUT2D eigenvalue weighted by Crippen LogP contribution is -2.33. The zero-order valence-corrected chi connectivity index (χ0v) is 11.0. The van der Waals surface area contributed by atoms with Crippen LogP contribution >= 0.6 is 0 Å². The molecule has 0 aromatic heterocycles. The van der Waals surface area contributed by atoms with Crippen LogP contribution in [0.25, 0.3) is 0 Å². The molecule has 5 nitrogen and oxygen atoms in total. The van der Waals surface area contributed by atoms with Gasteiger partial charge in [-0.15, -0.1) is 0 Å². The summed E-state index contributed by atoms with van der Waals surface area (Å²) in [6.07, 6.45) is -5.00. The lowest BCUT2D eigenvalue weighted by molar-refractivity contribution is -0.173. The third-order valence-electron chi connectivity index (χ3n) is 1.96. The zero-order valence-electron chi connectivity index (χ0n) is 11.0. The minimum atomic E-state index is -4.30. The average molecular weight is 289 g/mol. The number of hydrogen-bond donors (Lipinski definition) is 2. The van der Waals surface area contributed by atoms with Crippen molar-refractivity contribution < 1.29 is 32.5 Å². The number of nitrogens with one attached hydrogen (secondary N) is 1. The van der Waals surface area contributed by atoms with Crippen LogP contribution < -0.4 is 5.32 Å². The van der Waals surface area contributed by atoms with E-state index in [-0.39, 0.29) is 26.3 Å². The van der Waals surface area contributed by atoms with Gasteiger partial charge in [-0.05, 0) is 6.92 Å². The first-order valence-electron chi connectivity index (χ1n) is 6.14. The minimum absolute atomic E-state index is 0.0581. The van der Waals surface area contributed by atoms with Crippen LogP contribution in [0.3, 0.4) is 0 Å². The zero-order chi connectivity index (χ0) is 14.6. The molecule has 0 amide bonds. The molecular weight excluding hydrogens is 267 g/mol. The summed E-state index contributed by atoms with van der Waals surface area (Å²) < 4.78 is 49.7. The summed E-state index contributed by atoms with van der Waals surface area (Å²) in [5, 5.41) is 12.2. The molecule has 0 rings (SSSR count). The van der Waals surface area contributed by atoms with Gasteiger partial charge in [0.1, 0.15) is 6.61 Å². The molecule has 116 valence electrons.